The van der Waals surface area contributed by atoms with Gasteiger partial charge in [0.05, 0.1) is 6.61 Å². The van der Waals surface area contributed by atoms with Gasteiger partial charge in [0.1, 0.15) is 5.75 Å². The smallest absolute Gasteiger partial charge is 0.119 e. The number of rotatable bonds is 11. The van der Waals surface area contributed by atoms with Gasteiger partial charge in [-0.2, -0.15) is 0 Å². The summed E-state index contributed by atoms with van der Waals surface area (Å²) < 4.78 is 5.67. The molecule has 3 nitrogen and oxygen atoms in total. The van der Waals surface area contributed by atoms with Crippen LogP contribution in [0.5, 0.6) is 5.75 Å². The highest BCUT2D eigenvalue weighted by molar-refractivity contribution is 5.30. The number of hydrogen-bond donors (Lipinski definition) is 2. The zero-order valence-electron chi connectivity index (χ0n) is 12.6. The van der Waals surface area contributed by atoms with Crippen molar-refractivity contribution in [2.45, 2.75) is 51.5 Å². The van der Waals surface area contributed by atoms with Crippen LogP contribution in [0.25, 0.3) is 0 Å². The van der Waals surface area contributed by atoms with E-state index in [0.29, 0.717) is 0 Å². The van der Waals surface area contributed by atoms with Gasteiger partial charge in [-0.25, -0.2) is 0 Å². The first kappa shape index (κ1) is 16.7. The summed E-state index contributed by atoms with van der Waals surface area (Å²) in [4.78, 5) is 0. The number of hydrogen-bond acceptors (Lipinski definition) is 3. The van der Waals surface area contributed by atoms with E-state index in [9.17, 15) is 0 Å². The van der Waals surface area contributed by atoms with Crippen molar-refractivity contribution < 1.29 is 4.74 Å². The van der Waals surface area contributed by atoms with Gasteiger partial charge in [-0.3, -0.25) is 11.3 Å². The summed E-state index contributed by atoms with van der Waals surface area (Å²) in [7, 11) is 0. The summed E-state index contributed by atoms with van der Waals surface area (Å²) in [6.07, 6.45) is 8.74. The van der Waals surface area contributed by atoms with Gasteiger partial charge in [0.15, 0.2) is 0 Å². The average Bonchev–Trinajstić information content (AvgIpc) is 2.49. The van der Waals surface area contributed by atoms with Crippen molar-refractivity contribution in [3.63, 3.8) is 0 Å². The third-order valence-corrected chi connectivity index (χ3v) is 3.34. The number of nitrogens with two attached hydrogens (primary N) is 1. The molecule has 1 aromatic carbocycles. The maximum Gasteiger partial charge on any atom is 0.119 e. The van der Waals surface area contributed by atoms with E-state index in [1.807, 2.05) is 18.2 Å². The van der Waals surface area contributed by atoms with Crippen molar-refractivity contribution >= 4 is 0 Å². The fraction of sp³-hybridized carbons (Fsp3) is 0.529. The molecule has 1 unspecified atom stereocenters. The van der Waals surface area contributed by atoms with Gasteiger partial charge in [-0.1, -0.05) is 38.0 Å². The Bertz CT molecular complexity index is 379. The molecule has 1 aromatic rings. The molecule has 0 spiro atoms. The number of hydrazine groups is 1. The van der Waals surface area contributed by atoms with Gasteiger partial charge in [0.25, 0.3) is 0 Å². The zero-order chi connectivity index (χ0) is 14.6. The highest BCUT2D eigenvalue weighted by atomic mass is 16.5. The molecule has 1 atom stereocenters. The molecule has 20 heavy (non-hydrogen) atoms. The first-order chi connectivity index (χ1) is 9.81. The minimum absolute atomic E-state index is 0.198. The first-order valence-electron chi connectivity index (χ1n) is 7.61. The van der Waals surface area contributed by atoms with Gasteiger partial charge in [0.2, 0.25) is 0 Å². The molecule has 1 rings (SSSR count). The molecule has 0 saturated heterocycles. The van der Waals surface area contributed by atoms with Crippen LogP contribution in [0.15, 0.2) is 36.9 Å². The third kappa shape index (κ3) is 6.22. The molecule has 0 aliphatic heterocycles. The van der Waals surface area contributed by atoms with E-state index in [1.165, 1.54) is 24.8 Å². The van der Waals surface area contributed by atoms with Crippen LogP contribution in [0.3, 0.4) is 0 Å². The number of nitrogens with one attached hydrogen (secondary N) is 1. The highest BCUT2D eigenvalue weighted by Gasteiger charge is 2.10. The number of unbranched alkanes of at least 4 members (excludes halogenated alkanes) is 3. The minimum atomic E-state index is 0.198. The second-order valence-corrected chi connectivity index (χ2v) is 5.07. The Morgan fingerprint density at radius 1 is 1.35 bits per heavy atom. The monoisotopic (exact) mass is 276 g/mol. The standard InChI is InChI=1S/C17H28N2O/c1-3-5-6-7-8-12-17(19-18)15-10-9-11-16(14-15)20-13-4-2/h3,9-11,14,17,19H,1,4-8,12-13,18H2,2H3. The van der Waals surface area contributed by atoms with Crippen LogP contribution in [0.1, 0.15) is 57.1 Å². The molecule has 0 saturated carbocycles. The van der Waals surface area contributed by atoms with Crippen LogP contribution >= 0.6 is 0 Å². The van der Waals surface area contributed by atoms with Gasteiger partial charge in [0, 0.05) is 6.04 Å². The predicted octanol–water partition coefficient (Wildman–Crippen LogP) is 4.12. The highest BCUT2D eigenvalue weighted by Crippen LogP contribution is 2.23. The van der Waals surface area contributed by atoms with Gasteiger partial charge < -0.3 is 4.74 Å². The lowest BCUT2D eigenvalue weighted by Gasteiger charge is -2.17. The van der Waals surface area contributed by atoms with Crippen LogP contribution in [0.4, 0.5) is 0 Å². The van der Waals surface area contributed by atoms with E-state index < -0.39 is 0 Å². The van der Waals surface area contributed by atoms with Crippen LogP contribution in [0, 0.1) is 0 Å². The van der Waals surface area contributed by atoms with Gasteiger partial charge >= 0.3 is 0 Å². The summed E-state index contributed by atoms with van der Waals surface area (Å²) in [6, 6.07) is 8.42. The quantitative estimate of drug-likeness (QED) is 0.277. The van der Waals surface area contributed by atoms with Crippen molar-refractivity contribution in [2.24, 2.45) is 5.84 Å². The first-order valence-corrected chi connectivity index (χ1v) is 7.61. The van der Waals surface area contributed by atoms with E-state index in [0.717, 1.165) is 31.6 Å². The zero-order valence-corrected chi connectivity index (χ0v) is 12.6. The van der Waals surface area contributed by atoms with Crippen LogP contribution in [0.2, 0.25) is 0 Å². The fourth-order valence-electron chi connectivity index (χ4n) is 2.20. The van der Waals surface area contributed by atoms with Gasteiger partial charge in [-0.05, 0) is 43.4 Å². The Morgan fingerprint density at radius 2 is 2.20 bits per heavy atom. The number of allylic oxidation sites excluding steroid dienone is 1. The van der Waals surface area contributed by atoms with E-state index in [2.05, 4.69) is 31.1 Å². The molecule has 0 heterocycles. The van der Waals surface area contributed by atoms with Crippen LogP contribution in [-0.2, 0) is 0 Å². The van der Waals surface area contributed by atoms with Crippen molar-refractivity contribution in [1.82, 2.24) is 5.43 Å². The molecule has 0 bridgehead atoms. The topological polar surface area (TPSA) is 47.3 Å². The largest absolute Gasteiger partial charge is 0.494 e. The van der Waals surface area contributed by atoms with Crippen LogP contribution < -0.4 is 16.0 Å². The lowest BCUT2D eigenvalue weighted by Crippen LogP contribution is -2.28. The van der Waals surface area contributed by atoms with E-state index in [4.69, 9.17) is 10.6 Å². The SMILES string of the molecule is C=CCCCCCC(NN)c1cccc(OCCC)c1. The maximum atomic E-state index is 5.69. The summed E-state index contributed by atoms with van der Waals surface area (Å²) in [5.41, 5.74) is 4.12. The van der Waals surface area contributed by atoms with Gasteiger partial charge in [-0.15, -0.1) is 6.58 Å². The second kappa shape index (κ2) is 10.5. The lowest BCUT2D eigenvalue weighted by molar-refractivity contribution is 0.316. The van der Waals surface area contributed by atoms with Crippen molar-refractivity contribution in [3.05, 3.63) is 42.5 Å². The predicted molar refractivity (Wildman–Crippen MR) is 85.6 cm³/mol. The summed E-state index contributed by atoms with van der Waals surface area (Å²) >= 11 is 0. The summed E-state index contributed by atoms with van der Waals surface area (Å²) in [5.74, 6) is 6.62. The van der Waals surface area contributed by atoms with E-state index >= 15 is 0 Å². The Balaban J connectivity index is 2.48. The Labute approximate surface area is 123 Å². The molecule has 3 heteroatoms. The van der Waals surface area contributed by atoms with Crippen molar-refractivity contribution in [3.8, 4) is 5.75 Å². The Kier molecular flexibility index (Phi) is 8.76. The molecule has 112 valence electrons. The maximum absolute atomic E-state index is 5.69. The Hall–Kier alpha value is -1.32. The molecule has 0 fully saturated rings. The number of benzene rings is 1. The summed E-state index contributed by atoms with van der Waals surface area (Å²) in [6.45, 7) is 6.61. The normalized spacial score (nSPS) is 12.1. The molecular formula is C17H28N2O. The van der Waals surface area contributed by atoms with E-state index in [-0.39, 0.29) is 6.04 Å². The van der Waals surface area contributed by atoms with Crippen molar-refractivity contribution in [1.29, 1.82) is 0 Å². The third-order valence-electron chi connectivity index (χ3n) is 3.34. The molecule has 0 aliphatic carbocycles. The second-order valence-electron chi connectivity index (χ2n) is 5.07. The molecule has 0 aromatic heterocycles. The molecular weight excluding hydrogens is 248 g/mol. The average molecular weight is 276 g/mol. The molecule has 0 amide bonds. The van der Waals surface area contributed by atoms with E-state index in [1.54, 1.807) is 0 Å². The number of ether oxygens (including phenoxy) is 1. The fourth-order valence-corrected chi connectivity index (χ4v) is 2.20. The van der Waals surface area contributed by atoms with Crippen molar-refractivity contribution in [2.75, 3.05) is 6.61 Å². The minimum Gasteiger partial charge on any atom is -0.494 e. The summed E-state index contributed by atoms with van der Waals surface area (Å²) in [5, 5.41) is 0. The molecule has 0 radical (unpaired) electrons. The lowest BCUT2D eigenvalue weighted by atomic mass is 10.0. The molecule has 3 N–H and O–H groups in total. The van der Waals surface area contributed by atoms with Crippen LogP contribution in [-0.4, -0.2) is 6.61 Å². The molecule has 0 aliphatic rings. The Morgan fingerprint density at radius 3 is 2.90 bits per heavy atom.